The van der Waals surface area contributed by atoms with Crippen LogP contribution >= 0.6 is 23.2 Å². The van der Waals surface area contributed by atoms with Gasteiger partial charge in [0.2, 0.25) is 0 Å². The number of pyridine rings is 1. The average molecular weight is 382 g/mol. The lowest BCUT2D eigenvalue weighted by Gasteiger charge is -2.25. The largest absolute Gasteiger partial charge is 0.299 e. The number of Topliss-reactive ketones (excluding diaryl/α,β-unsaturated/α-hetero) is 1. The third-order valence-corrected chi connectivity index (χ3v) is 4.98. The van der Waals surface area contributed by atoms with Gasteiger partial charge in [-0.15, -0.1) is 0 Å². The average Bonchev–Trinajstić information content (AvgIpc) is 2.56. The van der Waals surface area contributed by atoms with Gasteiger partial charge in [0, 0.05) is 17.4 Å². The highest BCUT2D eigenvalue weighted by Gasteiger charge is 2.29. The summed E-state index contributed by atoms with van der Waals surface area (Å²) in [5.41, 5.74) is 1.93. The Balaban J connectivity index is 2.61. The van der Waals surface area contributed by atoms with Crippen molar-refractivity contribution in [3.05, 3.63) is 51.5 Å². The van der Waals surface area contributed by atoms with Gasteiger partial charge in [-0.2, -0.15) is 0 Å². The molecule has 0 radical (unpaired) electrons. The molecule has 0 saturated heterocycles. The number of nitrogens with zero attached hydrogens (tertiary/aromatic N) is 1. The number of hydrogen-bond acceptors (Lipinski definition) is 2. The summed E-state index contributed by atoms with van der Waals surface area (Å²) >= 11 is 12.4. The third kappa shape index (κ3) is 4.39. The second-order valence-electron chi connectivity index (χ2n) is 6.77. The molecule has 0 spiro atoms. The van der Waals surface area contributed by atoms with Gasteiger partial charge in [-0.25, -0.2) is 9.37 Å². The van der Waals surface area contributed by atoms with E-state index in [1.54, 1.807) is 12.1 Å². The Hall–Kier alpha value is -1.45. The molecule has 2 nitrogen and oxygen atoms in total. The summed E-state index contributed by atoms with van der Waals surface area (Å²) in [6.07, 6.45) is 1.55. The topological polar surface area (TPSA) is 30.0 Å². The van der Waals surface area contributed by atoms with Crippen molar-refractivity contribution in [1.82, 2.24) is 4.98 Å². The quantitative estimate of drug-likeness (QED) is 0.549. The molecule has 1 heterocycles. The highest BCUT2D eigenvalue weighted by atomic mass is 35.5. The van der Waals surface area contributed by atoms with E-state index in [-0.39, 0.29) is 21.9 Å². The molecule has 134 valence electrons. The molecule has 5 heteroatoms. The number of aryl methyl sites for hydroxylation is 1. The Bertz CT molecular complexity index is 803. The van der Waals surface area contributed by atoms with Gasteiger partial charge in [0.25, 0.3) is 0 Å². The standard InChI is InChI=1S/C20H22Cl2FNO/c1-5-12-7-8-13(16(23)9-12)14-10-18(21)24-19(22)15(14)11-20(3,4)17(25)6-2/h7-10H,5-6,11H2,1-4H3. The fraction of sp³-hybridized carbons (Fsp3) is 0.400. The van der Waals surface area contributed by atoms with Crippen LogP contribution in [0, 0.1) is 11.2 Å². The molecule has 0 fully saturated rings. The molecule has 0 N–H and O–H groups in total. The van der Waals surface area contributed by atoms with Crippen LogP contribution in [0.1, 0.15) is 45.2 Å². The van der Waals surface area contributed by atoms with Crippen molar-refractivity contribution in [3.8, 4) is 11.1 Å². The fourth-order valence-electron chi connectivity index (χ4n) is 2.94. The van der Waals surface area contributed by atoms with Crippen LogP contribution in [0.4, 0.5) is 4.39 Å². The molecule has 2 rings (SSSR count). The zero-order valence-corrected chi connectivity index (χ0v) is 16.4. The van der Waals surface area contributed by atoms with Gasteiger partial charge >= 0.3 is 0 Å². The van der Waals surface area contributed by atoms with Gasteiger partial charge in [0.05, 0.1) is 0 Å². The normalized spacial score (nSPS) is 11.6. The summed E-state index contributed by atoms with van der Waals surface area (Å²) in [7, 11) is 0. The number of rotatable bonds is 6. The molecule has 0 aliphatic heterocycles. The first-order valence-electron chi connectivity index (χ1n) is 8.36. The molecule has 2 aromatic rings. The smallest absolute Gasteiger partial charge is 0.138 e. The minimum absolute atomic E-state index is 0.117. The van der Waals surface area contributed by atoms with E-state index in [1.165, 1.54) is 6.07 Å². The first-order valence-corrected chi connectivity index (χ1v) is 9.12. The van der Waals surface area contributed by atoms with E-state index in [4.69, 9.17) is 23.2 Å². The molecule has 0 aliphatic carbocycles. The molecule has 1 aromatic heterocycles. The number of hydrogen-bond donors (Lipinski definition) is 0. The van der Waals surface area contributed by atoms with E-state index >= 15 is 0 Å². The molecule has 0 bridgehead atoms. The predicted molar refractivity (Wildman–Crippen MR) is 102 cm³/mol. The Morgan fingerprint density at radius 2 is 1.84 bits per heavy atom. The number of halogens is 3. The van der Waals surface area contributed by atoms with E-state index in [9.17, 15) is 9.18 Å². The van der Waals surface area contributed by atoms with Crippen molar-refractivity contribution in [1.29, 1.82) is 0 Å². The molecule has 1 aromatic carbocycles. The summed E-state index contributed by atoms with van der Waals surface area (Å²) in [6.45, 7) is 7.53. The molecular weight excluding hydrogens is 360 g/mol. The van der Waals surface area contributed by atoms with Crippen LogP contribution in [0.5, 0.6) is 0 Å². The molecular formula is C20H22Cl2FNO. The second-order valence-corrected chi connectivity index (χ2v) is 7.51. The lowest BCUT2D eigenvalue weighted by Crippen LogP contribution is -2.26. The summed E-state index contributed by atoms with van der Waals surface area (Å²) < 4.78 is 14.7. The maximum atomic E-state index is 14.7. The minimum Gasteiger partial charge on any atom is -0.299 e. The van der Waals surface area contributed by atoms with E-state index in [1.807, 2.05) is 33.8 Å². The van der Waals surface area contributed by atoms with Crippen molar-refractivity contribution < 1.29 is 9.18 Å². The number of benzene rings is 1. The summed E-state index contributed by atoms with van der Waals surface area (Å²) in [6, 6.07) is 6.74. The van der Waals surface area contributed by atoms with Crippen LogP contribution < -0.4 is 0 Å². The Labute approximate surface area is 158 Å². The maximum Gasteiger partial charge on any atom is 0.138 e. The van der Waals surface area contributed by atoms with E-state index in [2.05, 4.69) is 4.98 Å². The van der Waals surface area contributed by atoms with Gasteiger partial charge < -0.3 is 0 Å². The molecule has 0 saturated carbocycles. The van der Waals surface area contributed by atoms with Gasteiger partial charge in [-0.05, 0) is 41.7 Å². The second kappa shape index (κ2) is 7.84. The molecule has 25 heavy (non-hydrogen) atoms. The van der Waals surface area contributed by atoms with Crippen molar-refractivity contribution in [2.75, 3.05) is 0 Å². The number of aromatic nitrogens is 1. The van der Waals surface area contributed by atoms with Crippen molar-refractivity contribution in [3.63, 3.8) is 0 Å². The zero-order valence-electron chi connectivity index (χ0n) is 14.9. The van der Waals surface area contributed by atoms with E-state index < -0.39 is 5.41 Å². The number of carbonyl (C=O) groups is 1. The van der Waals surface area contributed by atoms with Gasteiger partial charge in [0.15, 0.2) is 0 Å². The molecule has 0 atom stereocenters. The zero-order chi connectivity index (χ0) is 18.8. The highest BCUT2D eigenvalue weighted by molar-refractivity contribution is 6.33. The summed E-state index contributed by atoms with van der Waals surface area (Å²) in [4.78, 5) is 16.3. The summed E-state index contributed by atoms with van der Waals surface area (Å²) in [5.74, 6) is -0.218. The van der Waals surface area contributed by atoms with Crippen LogP contribution in [0.2, 0.25) is 10.3 Å². The van der Waals surface area contributed by atoms with Crippen molar-refractivity contribution in [2.24, 2.45) is 5.41 Å². The van der Waals surface area contributed by atoms with Crippen molar-refractivity contribution >= 4 is 29.0 Å². The summed E-state index contributed by atoms with van der Waals surface area (Å²) in [5, 5.41) is 0.404. The van der Waals surface area contributed by atoms with Crippen LogP contribution in [0.25, 0.3) is 11.1 Å². The highest BCUT2D eigenvalue weighted by Crippen LogP contribution is 2.37. The Morgan fingerprint density at radius 1 is 1.16 bits per heavy atom. The number of ketones is 1. The van der Waals surface area contributed by atoms with Crippen LogP contribution in [-0.4, -0.2) is 10.8 Å². The Morgan fingerprint density at radius 3 is 2.40 bits per heavy atom. The lowest BCUT2D eigenvalue weighted by molar-refractivity contribution is -0.126. The first kappa shape index (κ1) is 19.9. The van der Waals surface area contributed by atoms with E-state index in [0.29, 0.717) is 29.5 Å². The molecule has 0 amide bonds. The minimum atomic E-state index is -0.623. The van der Waals surface area contributed by atoms with Gasteiger partial charge in [-0.3, -0.25) is 4.79 Å². The van der Waals surface area contributed by atoms with Crippen LogP contribution in [-0.2, 0) is 17.6 Å². The molecule has 0 unspecified atom stereocenters. The van der Waals surface area contributed by atoms with Gasteiger partial charge in [0.1, 0.15) is 21.9 Å². The van der Waals surface area contributed by atoms with Crippen molar-refractivity contribution in [2.45, 2.75) is 47.0 Å². The van der Waals surface area contributed by atoms with Crippen LogP contribution in [0.15, 0.2) is 24.3 Å². The molecule has 0 aliphatic rings. The first-order chi connectivity index (χ1) is 11.7. The maximum absolute atomic E-state index is 14.7. The number of carbonyl (C=O) groups excluding carboxylic acids is 1. The fourth-order valence-corrected chi connectivity index (χ4v) is 3.43. The third-order valence-electron chi connectivity index (χ3n) is 4.47. The SMILES string of the molecule is CCC(=O)C(C)(C)Cc1c(-c2ccc(CC)cc2F)cc(Cl)nc1Cl. The predicted octanol–water partition coefficient (Wildman–Crippen LogP) is 6.30. The lowest BCUT2D eigenvalue weighted by atomic mass is 9.79. The van der Waals surface area contributed by atoms with Gasteiger partial charge in [-0.1, -0.05) is 63.0 Å². The monoisotopic (exact) mass is 381 g/mol. The van der Waals surface area contributed by atoms with Crippen LogP contribution in [0.3, 0.4) is 0 Å². The van der Waals surface area contributed by atoms with E-state index in [0.717, 1.165) is 12.0 Å². The Kier molecular flexibility index (Phi) is 6.23.